The van der Waals surface area contributed by atoms with Gasteiger partial charge in [0.25, 0.3) is 0 Å². The van der Waals surface area contributed by atoms with Gasteiger partial charge in [0.1, 0.15) is 5.56 Å². The first-order chi connectivity index (χ1) is 8.86. The van der Waals surface area contributed by atoms with Gasteiger partial charge in [-0.05, 0) is 39.8 Å². The molecule has 5 nitrogen and oxygen atoms in total. The van der Waals surface area contributed by atoms with Crippen molar-refractivity contribution in [1.29, 1.82) is 0 Å². The molecule has 0 atom stereocenters. The minimum atomic E-state index is -0.512. The largest absolute Gasteiger partial charge is 0.493 e. The quantitative estimate of drug-likeness (QED) is 0.656. The van der Waals surface area contributed by atoms with E-state index in [2.05, 4.69) is 0 Å². The highest BCUT2D eigenvalue weighted by atomic mass is 16.5. The summed E-state index contributed by atoms with van der Waals surface area (Å²) in [7, 11) is 1.51. The van der Waals surface area contributed by atoms with Crippen molar-refractivity contribution in [2.75, 3.05) is 12.8 Å². The second-order valence-electron chi connectivity index (χ2n) is 4.68. The predicted octanol–water partition coefficient (Wildman–Crippen LogP) is 2.63. The number of nitrogens with two attached hydrogens (primary N) is 1. The Bertz CT molecular complexity index is 455. The number of hydrogen-bond acceptors (Lipinski definition) is 5. The van der Waals surface area contributed by atoms with Crippen molar-refractivity contribution >= 4 is 11.7 Å². The van der Waals surface area contributed by atoms with E-state index in [4.69, 9.17) is 19.9 Å². The molecule has 0 aromatic heterocycles. The summed E-state index contributed by atoms with van der Waals surface area (Å²) < 4.78 is 16.0. The van der Waals surface area contributed by atoms with E-state index >= 15 is 0 Å². The van der Waals surface area contributed by atoms with Crippen LogP contribution >= 0.6 is 0 Å². The summed E-state index contributed by atoms with van der Waals surface area (Å²) in [5, 5.41) is 0. The molecule has 1 aromatic carbocycles. The zero-order valence-electron chi connectivity index (χ0n) is 12.0. The lowest BCUT2D eigenvalue weighted by Gasteiger charge is -2.18. The highest BCUT2D eigenvalue weighted by Crippen LogP contribution is 2.36. The van der Waals surface area contributed by atoms with Crippen LogP contribution in [-0.2, 0) is 4.74 Å². The lowest BCUT2D eigenvalue weighted by atomic mass is 10.1. The molecule has 0 aliphatic rings. The number of carbonyl (C=O) groups is 1. The Morgan fingerprint density at radius 1 is 1.16 bits per heavy atom. The maximum Gasteiger partial charge on any atom is 0.344 e. The van der Waals surface area contributed by atoms with Crippen molar-refractivity contribution < 1.29 is 19.0 Å². The lowest BCUT2D eigenvalue weighted by Crippen LogP contribution is -2.17. The third kappa shape index (κ3) is 3.77. The van der Waals surface area contributed by atoms with E-state index in [1.807, 2.05) is 13.8 Å². The Labute approximate surface area is 113 Å². The van der Waals surface area contributed by atoms with Gasteiger partial charge >= 0.3 is 5.97 Å². The van der Waals surface area contributed by atoms with E-state index in [1.54, 1.807) is 26.0 Å². The van der Waals surface area contributed by atoms with Crippen molar-refractivity contribution in [3.05, 3.63) is 17.7 Å². The molecule has 0 amide bonds. The van der Waals surface area contributed by atoms with Gasteiger partial charge in [0.2, 0.25) is 0 Å². The highest BCUT2D eigenvalue weighted by Gasteiger charge is 2.23. The van der Waals surface area contributed by atoms with E-state index in [9.17, 15) is 4.79 Å². The molecule has 19 heavy (non-hydrogen) atoms. The van der Waals surface area contributed by atoms with Gasteiger partial charge < -0.3 is 19.9 Å². The summed E-state index contributed by atoms with van der Waals surface area (Å²) in [4.78, 5) is 12.1. The van der Waals surface area contributed by atoms with Crippen molar-refractivity contribution in [3.8, 4) is 11.5 Å². The minimum Gasteiger partial charge on any atom is -0.493 e. The number of anilines is 1. The van der Waals surface area contributed by atoms with E-state index in [1.165, 1.54) is 7.11 Å². The van der Waals surface area contributed by atoms with Crippen molar-refractivity contribution in [2.24, 2.45) is 0 Å². The molecule has 2 N–H and O–H groups in total. The van der Waals surface area contributed by atoms with Crippen LogP contribution in [0, 0.1) is 0 Å². The fourth-order valence-corrected chi connectivity index (χ4v) is 1.58. The van der Waals surface area contributed by atoms with E-state index < -0.39 is 5.97 Å². The van der Waals surface area contributed by atoms with Gasteiger partial charge in [0, 0.05) is 0 Å². The fraction of sp³-hybridized carbons (Fsp3) is 0.500. The van der Waals surface area contributed by atoms with E-state index in [0.29, 0.717) is 17.2 Å². The molecule has 0 unspecified atom stereocenters. The molecule has 1 rings (SSSR count). The summed E-state index contributed by atoms with van der Waals surface area (Å²) in [5.41, 5.74) is 6.38. The predicted molar refractivity (Wildman–Crippen MR) is 73.7 cm³/mol. The van der Waals surface area contributed by atoms with Crippen molar-refractivity contribution in [2.45, 2.75) is 39.9 Å². The molecule has 0 saturated carbocycles. The number of rotatable bonds is 5. The first-order valence-corrected chi connectivity index (χ1v) is 6.20. The Morgan fingerprint density at radius 3 is 2.26 bits per heavy atom. The third-order valence-electron chi connectivity index (χ3n) is 2.27. The Morgan fingerprint density at radius 2 is 1.79 bits per heavy atom. The first kappa shape index (κ1) is 15.1. The Kier molecular flexibility index (Phi) is 5.03. The van der Waals surface area contributed by atoms with Gasteiger partial charge in [-0.2, -0.15) is 0 Å². The maximum absolute atomic E-state index is 12.1. The summed E-state index contributed by atoms with van der Waals surface area (Å²) in [6.45, 7) is 7.27. The molecular weight excluding hydrogens is 246 g/mol. The zero-order chi connectivity index (χ0) is 14.6. The van der Waals surface area contributed by atoms with Gasteiger partial charge in [-0.15, -0.1) is 0 Å². The molecule has 0 aliphatic heterocycles. The van der Waals surface area contributed by atoms with Crippen LogP contribution in [0.25, 0.3) is 0 Å². The molecule has 5 heteroatoms. The monoisotopic (exact) mass is 267 g/mol. The maximum atomic E-state index is 12.1. The average Bonchev–Trinajstić information content (AvgIpc) is 2.27. The number of hydrogen-bond donors (Lipinski definition) is 1. The standard InChI is InChI=1S/C14H21NO4/c1-8(2)18-13-11(17-5)7-6-10(15)12(13)14(16)19-9(3)4/h6-9H,15H2,1-5H3. The molecule has 0 bridgehead atoms. The second kappa shape index (κ2) is 6.31. The van der Waals surface area contributed by atoms with Gasteiger partial charge in [-0.1, -0.05) is 0 Å². The van der Waals surface area contributed by atoms with Gasteiger partial charge in [0.05, 0.1) is 25.0 Å². The Balaban J connectivity index is 3.29. The van der Waals surface area contributed by atoms with E-state index in [-0.39, 0.29) is 17.8 Å². The summed E-state index contributed by atoms with van der Waals surface area (Å²) >= 11 is 0. The van der Waals surface area contributed by atoms with Crippen molar-refractivity contribution in [3.63, 3.8) is 0 Å². The highest BCUT2D eigenvalue weighted by molar-refractivity contribution is 5.99. The number of ether oxygens (including phenoxy) is 3. The molecule has 0 fully saturated rings. The third-order valence-corrected chi connectivity index (χ3v) is 2.27. The zero-order valence-corrected chi connectivity index (χ0v) is 12.0. The topological polar surface area (TPSA) is 70.8 Å². The van der Waals surface area contributed by atoms with Crippen molar-refractivity contribution in [1.82, 2.24) is 0 Å². The molecule has 106 valence electrons. The fourth-order valence-electron chi connectivity index (χ4n) is 1.58. The van der Waals surface area contributed by atoms with Crippen LogP contribution in [0.5, 0.6) is 11.5 Å². The van der Waals surface area contributed by atoms with Gasteiger partial charge in [-0.3, -0.25) is 0 Å². The summed E-state index contributed by atoms with van der Waals surface area (Å²) in [5.74, 6) is 0.267. The van der Waals surface area contributed by atoms with Gasteiger partial charge in [-0.25, -0.2) is 4.79 Å². The molecule has 0 saturated heterocycles. The van der Waals surface area contributed by atoms with Crippen LogP contribution < -0.4 is 15.2 Å². The van der Waals surface area contributed by atoms with Crippen LogP contribution in [0.4, 0.5) is 5.69 Å². The van der Waals surface area contributed by atoms with Crippen LogP contribution in [0.1, 0.15) is 38.1 Å². The average molecular weight is 267 g/mol. The molecule has 0 radical (unpaired) electrons. The smallest absolute Gasteiger partial charge is 0.344 e. The molecule has 0 heterocycles. The Hall–Kier alpha value is -1.91. The molecule has 0 spiro atoms. The second-order valence-corrected chi connectivity index (χ2v) is 4.68. The molecule has 0 aliphatic carbocycles. The normalized spacial score (nSPS) is 10.7. The number of nitrogen functional groups attached to an aromatic ring is 1. The van der Waals surface area contributed by atoms with Crippen LogP contribution in [-0.4, -0.2) is 25.3 Å². The van der Waals surface area contributed by atoms with Crippen LogP contribution in [0.3, 0.4) is 0 Å². The summed E-state index contributed by atoms with van der Waals surface area (Å²) in [6.07, 6.45) is -0.341. The lowest BCUT2D eigenvalue weighted by molar-refractivity contribution is 0.0372. The van der Waals surface area contributed by atoms with Crippen LogP contribution in [0.2, 0.25) is 0 Å². The number of esters is 1. The van der Waals surface area contributed by atoms with Crippen LogP contribution in [0.15, 0.2) is 12.1 Å². The van der Waals surface area contributed by atoms with E-state index in [0.717, 1.165) is 0 Å². The summed E-state index contributed by atoms with van der Waals surface area (Å²) in [6, 6.07) is 3.27. The number of methoxy groups -OCH3 is 1. The minimum absolute atomic E-state index is 0.110. The SMILES string of the molecule is COc1ccc(N)c(C(=O)OC(C)C)c1OC(C)C. The number of carbonyl (C=O) groups excluding carboxylic acids is 1. The van der Waals surface area contributed by atoms with Gasteiger partial charge in [0.15, 0.2) is 11.5 Å². The first-order valence-electron chi connectivity index (χ1n) is 6.20. The molecular formula is C14H21NO4. The molecule has 1 aromatic rings. The number of benzene rings is 1.